The summed E-state index contributed by atoms with van der Waals surface area (Å²) in [6, 6.07) is 3.36. The Morgan fingerprint density at radius 3 is 2.63 bits per heavy atom. The highest BCUT2D eigenvalue weighted by molar-refractivity contribution is 7.89. The zero-order valence-electron chi connectivity index (χ0n) is 10.7. The fourth-order valence-corrected chi connectivity index (χ4v) is 3.37. The number of carboxylic acids is 1. The van der Waals surface area contributed by atoms with Gasteiger partial charge in [-0.05, 0) is 31.0 Å². The summed E-state index contributed by atoms with van der Waals surface area (Å²) in [5, 5.41) is 9.31. The Bertz CT molecular complexity index is 571. The number of sulfonamides is 1. The summed E-state index contributed by atoms with van der Waals surface area (Å²) in [4.78, 5) is 11.0. The summed E-state index contributed by atoms with van der Waals surface area (Å²) >= 11 is 5.87. The number of hydrogen-bond acceptors (Lipinski definition) is 3. The van der Waals surface area contributed by atoms with Crippen molar-refractivity contribution in [2.75, 3.05) is 0 Å². The molecule has 0 aromatic heterocycles. The summed E-state index contributed by atoms with van der Waals surface area (Å²) in [6.45, 7) is 3.36. The lowest BCUT2D eigenvalue weighted by Crippen LogP contribution is -2.40. The van der Waals surface area contributed by atoms with Crippen LogP contribution in [0.25, 0.3) is 0 Å². The lowest BCUT2D eigenvalue weighted by Gasteiger charge is -2.15. The minimum Gasteiger partial charge on any atom is -0.480 e. The van der Waals surface area contributed by atoms with Crippen molar-refractivity contribution in [2.45, 2.75) is 37.6 Å². The topological polar surface area (TPSA) is 83.5 Å². The molecule has 0 saturated carbocycles. The van der Waals surface area contributed by atoms with Crippen molar-refractivity contribution in [2.24, 2.45) is 0 Å². The Morgan fingerprint density at radius 2 is 2.11 bits per heavy atom. The van der Waals surface area contributed by atoms with Crippen LogP contribution < -0.4 is 4.72 Å². The molecule has 0 heterocycles. The predicted molar refractivity (Wildman–Crippen MR) is 72.8 cm³/mol. The smallest absolute Gasteiger partial charge is 0.321 e. The van der Waals surface area contributed by atoms with Crippen LogP contribution in [0, 0.1) is 6.92 Å². The number of carboxylic acid groups (broad SMARTS) is 1. The van der Waals surface area contributed by atoms with Gasteiger partial charge in [0.2, 0.25) is 10.0 Å². The predicted octanol–water partition coefficient (Wildman–Crippen LogP) is 2.18. The first-order chi connectivity index (χ1) is 8.79. The van der Waals surface area contributed by atoms with Crippen molar-refractivity contribution >= 4 is 27.6 Å². The van der Waals surface area contributed by atoms with Crippen LogP contribution in [0.4, 0.5) is 0 Å². The molecule has 0 aliphatic heterocycles. The molecule has 0 fully saturated rings. The lowest BCUT2D eigenvalue weighted by atomic mass is 10.2. The minimum atomic E-state index is -3.90. The van der Waals surface area contributed by atoms with Crippen molar-refractivity contribution in [3.8, 4) is 0 Å². The summed E-state index contributed by atoms with van der Waals surface area (Å²) < 4.78 is 26.5. The second kappa shape index (κ2) is 6.36. The molecule has 1 aromatic rings. The minimum absolute atomic E-state index is 0.00218. The number of aliphatic carboxylic acids is 1. The third kappa shape index (κ3) is 3.92. The van der Waals surface area contributed by atoms with Crippen LogP contribution in [-0.2, 0) is 14.8 Å². The number of rotatable bonds is 6. The first kappa shape index (κ1) is 15.9. The van der Waals surface area contributed by atoms with E-state index in [1.807, 2.05) is 0 Å². The van der Waals surface area contributed by atoms with Gasteiger partial charge >= 0.3 is 5.97 Å². The number of nitrogens with one attached hydrogen (secondary N) is 1. The maximum absolute atomic E-state index is 12.2. The van der Waals surface area contributed by atoms with E-state index in [0.29, 0.717) is 17.0 Å². The van der Waals surface area contributed by atoms with Gasteiger partial charge in [0.05, 0.1) is 4.90 Å². The van der Waals surface area contributed by atoms with Crippen LogP contribution in [0.15, 0.2) is 23.1 Å². The second-order valence-electron chi connectivity index (χ2n) is 4.16. The van der Waals surface area contributed by atoms with Gasteiger partial charge in [-0.1, -0.05) is 31.0 Å². The average Bonchev–Trinajstić information content (AvgIpc) is 2.31. The maximum atomic E-state index is 12.2. The molecule has 106 valence electrons. The van der Waals surface area contributed by atoms with Crippen LogP contribution in [0.3, 0.4) is 0 Å². The largest absolute Gasteiger partial charge is 0.480 e. The van der Waals surface area contributed by atoms with E-state index in [-0.39, 0.29) is 11.3 Å². The molecule has 19 heavy (non-hydrogen) atoms. The SMILES string of the molecule is CCCC(NS(=O)(=O)c1cccc(Cl)c1C)C(=O)O. The molecule has 1 atom stereocenters. The van der Waals surface area contributed by atoms with Gasteiger partial charge in [0.25, 0.3) is 0 Å². The van der Waals surface area contributed by atoms with Gasteiger partial charge < -0.3 is 5.11 Å². The average molecular weight is 306 g/mol. The van der Waals surface area contributed by atoms with Crippen LogP contribution in [0.1, 0.15) is 25.3 Å². The van der Waals surface area contributed by atoms with E-state index < -0.39 is 22.0 Å². The van der Waals surface area contributed by atoms with Crippen LogP contribution in [-0.4, -0.2) is 25.5 Å². The summed E-state index contributed by atoms with van der Waals surface area (Å²) in [5.74, 6) is -1.19. The molecule has 0 bridgehead atoms. The van der Waals surface area contributed by atoms with E-state index in [1.165, 1.54) is 12.1 Å². The molecule has 0 aliphatic carbocycles. The van der Waals surface area contributed by atoms with E-state index in [9.17, 15) is 13.2 Å². The Balaban J connectivity index is 3.10. The molecule has 7 heteroatoms. The highest BCUT2D eigenvalue weighted by Gasteiger charge is 2.26. The first-order valence-corrected chi connectivity index (χ1v) is 7.66. The maximum Gasteiger partial charge on any atom is 0.321 e. The molecule has 1 rings (SSSR count). The number of halogens is 1. The molecule has 0 saturated heterocycles. The fourth-order valence-electron chi connectivity index (χ4n) is 1.65. The van der Waals surface area contributed by atoms with E-state index in [4.69, 9.17) is 16.7 Å². The number of carbonyl (C=O) groups is 1. The van der Waals surface area contributed by atoms with Gasteiger partial charge in [0.1, 0.15) is 6.04 Å². The Morgan fingerprint density at radius 1 is 1.47 bits per heavy atom. The van der Waals surface area contributed by atoms with Crippen LogP contribution in [0.2, 0.25) is 5.02 Å². The molecule has 5 nitrogen and oxygen atoms in total. The second-order valence-corrected chi connectivity index (χ2v) is 6.25. The summed E-state index contributed by atoms with van der Waals surface area (Å²) in [6.07, 6.45) is 0.794. The molecular formula is C12H16ClNO4S. The molecule has 0 aliphatic rings. The van der Waals surface area contributed by atoms with Gasteiger partial charge in [-0.15, -0.1) is 0 Å². The monoisotopic (exact) mass is 305 g/mol. The number of hydrogen-bond donors (Lipinski definition) is 2. The highest BCUT2D eigenvalue weighted by atomic mass is 35.5. The third-order valence-corrected chi connectivity index (χ3v) is 4.71. The molecule has 1 aromatic carbocycles. The normalized spacial score (nSPS) is 13.2. The zero-order chi connectivity index (χ0) is 14.6. The van der Waals surface area contributed by atoms with Gasteiger partial charge in [0.15, 0.2) is 0 Å². The molecule has 0 radical (unpaired) electrons. The van der Waals surface area contributed by atoms with Crippen molar-refractivity contribution in [3.05, 3.63) is 28.8 Å². The van der Waals surface area contributed by atoms with Gasteiger partial charge in [-0.3, -0.25) is 4.79 Å². The standard InChI is InChI=1S/C12H16ClNO4S/c1-3-5-10(12(15)16)14-19(17,18)11-7-4-6-9(13)8(11)2/h4,6-7,10,14H,3,5H2,1-2H3,(H,15,16). The lowest BCUT2D eigenvalue weighted by molar-refractivity contribution is -0.139. The molecule has 1 unspecified atom stereocenters. The number of benzene rings is 1. The van der Waals surface area contributed by atoms with Gasteiger partial charge in [-0.2, -0.15) is 4.72 Å². The summed E-state index contributed by atoms with van der Waals surface area (Å²) in [7, 11) is -3.90. The van der Waals surface area contributed by atoms with Gasteiger partial charge in [-0.25, -0.2) is 8.42 Å². The third-order valence-electron chi connectivity index (χ3n) is 2.68. The van der Waals surface area contributed by atoms with Crippen LogP contribution in [0.5, 0.6) is 0 Å². The van der Waals surface area contributed by atoms with Crippen molar-refractivity contribution in [1.29, 1.82) is 0 Å². The zero-order valence-corrected chi connectivity index (χ0v) is 12.3. The summed E-state index contributed by atoms with van der Waals surface area (Å²) in [5.41, 5.74) is 0.400. The van der Waals surface area contributed by atoms with E-state index in [0.717, 1.165) is 0 Å². The molecular weight excluding hydrogens is 290 g/mol. The fraction of sp³-hybridized carbons (Fsp3) is 0.417. The van der Waals surface area contributed by atoms with Gasteiger partial charge in [0, 0.05) is 5.02 Å². The van der Waals surface area contributed by atoms with Crippen molar-refractivity contribution in [3.63, 3.8) is 0 Å². The van der Waals surface area contributed by atoms with E-state index >= 15 is 0 Å². The molecule has 2 N–H and O–H groups in total. The molecule has 0 amide bonds. The van der Waals surface area contributed by atoms with E-state index in [1.54, 1.807) is 19.9 Å². The molecule has 0 spiro atoms. The van der Waals surface area contributed by atoms with Crippen molar-refractivity contribution < 1.29 is 18.3 Å². The van der Waals surface area contributed by atoms with Crippen molar-refractivity contribution in [1.82, 2.24) is 4.72 Å². The Kier molecular flexibility index (Phi) is 5.34. The quantitative estimate of drug-likeness (QED) is 0.844. The Labute approximate surface area is 117 Å². The van der Waals surface area contributed by atoms with Crippen LogP contribution >= 0.6 is 11.6 Å². The Hall–Kier alpha value is -1.11. The first-order valence-electron chi connectivity index (χ1n) is 5.80. The highest BCUT2D eigenvalue weighted by Crippen LogP contribution is 2.23. The van der Waals surface area contributed by atoms with E-state index in [2.05, 4.69) is 4.72 Å².